The van der Waals surface area contributed by atoms with Gasteiger partial charge in [0, 0.05) is 19.3 Å². The Bertz CT molecular complexity index is 753. The summed E-state index contributed by atoms with van der Waals surface area (Å²) < 4.78 is 12.3. The molecule has 0 atom stereocenters. The molecule has 0 amide bonds. The zero-order valence-corrected chi connectivity index (χ0v) is 14.7. The summed E-state index contributed by atoms with van der Waals surface area (Å²) in [6.07, 6.45) is 2.38. The van der Waals surface area contributed by atoms with Crippen LogP contribution < -0.4 is 15.8 Å². The second-order valence-corrected chi connectivity index (χ2v) is 6.37. The monoisotopic (exact) mass is 346 g/mol. The summed E-state index contributed by atoms with van der Waals surface area (Å²) >= 11 is 0. The highest BCUT2D eigenvalue weighted by Crippen LogP contribution is 2.47. The standard InChI is InChI=1S/C17H23N5O3/c1-3-5-12-21-13-15(22(12)16(23)24-4-2)25-14(19)11(10-18)17(13)6-8-20-9-7-17/h20H,3-9,19H2,1-2H3/p+1. The van der Waals surface area contributed by atoms with Gasteiger partial charge in [-0.15, -0.1) is 0 Å². The zero-order chi connectivity index (χ0) is 18.0. The lowest BCUT2D eigenvalue weighted by Gasteiger charge is -2.37. The maximum absolute atomic E-state index is 12.5. The third-order valence-corrected chi connectivity index (χ3v) is 4.88. The number of hydrogen-bond acceptors (Lipinski definition) is 6. The topological polar surface area (TPSA) is 120 Å². The quantitative estimate of drug-likeness (QED) is 0.823. The number of fused-ring (bicyclic) bond motifs is 2. The van der Waals surface area contributed by atoms with Gasteiger partial charge >= 0.3 is 6.09 Å². The summed E-state index contributed by atoms with van der Waals surface area (Å²) in [5, 5.41) is 11.9. The van der Waals surface area contributed by atoms with Crippen LogP contribution in [0.25, 0.3) is 0 Å². The minimum absolute atomic E-state index is 0.0606. The van der Waals surface area contributed by atoms with Gasteiger partial charge in [0.2, 0.25) is 11.8 Å². The number of allylic oxidation sites excluding steroid dienone is 1. The number of hydrogen-bond donors (Lipinski definition) is 2. The molecule has 0 unspecified atom stereocenters. The Hall–Kier alpha value is -2.53. The average Bonchev–Trinajstić information content (AvgIpc) is 2.95. The van der Waals surface area contributed by atoms with Crippen molar-refractivity contribution in [2.24, 2.45) is 5.73 Å². The Morgan fingerprint density at radius 2 is 2.20 bits per heavy atom. The molecule has 0 radical (unpaired) electrons. The summed E-state index contributed by atoms with van der Waals surface area (Å²) in [5.41, 5.74) is 6.55. The molecule has 1 aromatic heterocycles. The number of aromatic nitrogens is 2. The smallest absolute Gasteiger partial charge is 0.422 e. The number of rotatable bonds is 3. The number of nitrogens with zero attached hydrogens (tertiary/aromatic N) is 3. The Balaban J connectivity index is 2.21. The van der Waals surface area contributed by atoms with Crippen molar-refractivity contribution in [3.05, 3.63) is 23.0 Å². The third kappa shape index (κ3) is 2.65. The Morgan fingerprint density at radius 3 is 2.80 bits per heavy atom. The van der Waals surface area contributed by atoms with Gasteiger partial charge < -0.3 is 20.5 Å². The van der Waals surface area contributed by atoms with E-state index in [1.807, 2.05) is 6.92 Å². The lowest BCUT2D eigenvalue weighted by molar-refractivity contribution is -0.665. The first-order valence-electron chi connectivity index (χ1n) is 8.78. The van der Waals surface area contributed by atoms with E-state index >= 15 is 0 Å². The average molecular weight is 346 g/mol. The SMILES string of the molecule is CCCc1nc2c(n1C(=O)OCC)OC(N)=C(C#N)C21CC[NH2+]CC1. The molecule has 0 aromatic carbocycles. The number of piperidine rings is 1. The fourth-order valence-electron chi connectivity index (χ4n) is 3.75. The van der Waals surface area contributed by atoms with Gasteiger partial charge in [0.25, 0.3) is 0 Å². The number of carbonyl (C=O) groups is 1. The maximum atomic E-state index is 12.5. The number of aryl methyl sites for hydroxylation is 1. The van der Waals surface area contributed by atoms with Crippen molar-refractivity contribution in [2.75, 3.05) is 19.7 Å². The predicted molar refractivity (Wildman–Crippen MR) is 88.7 cm³/mol. The van der Waals surface area contributed by atoms with Crippen LogP contribution in [0.2, 0.25) is 0 Å². The molecule has 1 saturated heterocycles. The third-order valence-electron chi connectivity index (χ3n) is 4.88. The van der Waals surface area contributed by atoms with Crippen molar-refractivity contribution in [1.29, 1.82) is 5.26 Å². The van der Waals surface area contributed by atoms with Crippen LogP contribution in [-0.2, 0) is 16.6 Å². The molecule has 1 fully saturated rings. The molecule has 8 nitrogen and oxygen atoms in total. The van der Waals surface area contributed by atoms with E-state index in [0.29, 0.717) is 29.4 Å². The molecule has 3 rings (SSSR count). The number of quaternary nitrogens is 1. The van der Waals surface area contributed by atoms with Crippen LogP contribution in [0.1, 0.15) is 44.6 Å². The summed E-state index contributed by atoms with van der Waals surface area (Å²) in [5.74, 6) is 0.956. The molecule has 8 heteroatoms. The highest BCUT2D eigenvalue weighted by Gasteiger charge is 2.50. The Kier molecular flexibility index (Phi) is 4.68. The summed E-state index contributed by atoms with van der Waals surface area (Å²) in [4.78, 5) is 17.2. The summed E-state index contributed by atoms with van der Waals surface area (Å²) in [7, 11) is 0. The molecule has 4 N–H and O–H groups in total. The van der Waals surface area contributed by atoms with Crippen LogP contribution in [0.4, 0.5) is 4.79 Å². The molecular weight excluding hydrogens is 322 g/mol. The van der Waals surface area contributed by atoms with Gasteiger partial charge in [0.1, 0.15) is 23.2 Å². The molecule has 25 heavy (non-hydrogen) atoms. The molecule has 0 bridgehead atoms. The van der Waals surface area contributed by atoms with Crippen molar-refractivity contribution in [3.8, 4) is 11.9 Å². The molecule has 0 saturated carbocycles. The fourth-order valence-corrected chi connectivity index (χ4v) is 3.75. The van der Waals surface area contributed by atoms with Gasteiger partial charge in [-0.05, 0) is 13.3 Å². The molecule has 1 aromatic rings. The number of ether oxygens (including phenoxy) is 2. The van der Waals surface area contributed by atoms with Crippen LogP contribution in [0.5, 0.6) is 5.88 Å². The highest BCUT2D eigenvalue weighted by molar-refractivity contribution is 5.75. The molecular formula is C17H24N5O3+. The van der Waals surface area contributed by atoms with E-state index in [-0.39, 0.29) is 12.5 Å². The molecule has 3 heterocycles. The van der Waals surface area contributed by atoms with Gasteiger partial charge in [-0.2, -0.15) is 5.26 Å². The number of imidazole rings is 1. The van der Waals surface area contributed by atoms with E-state index in [9.17, 15) is 10.1 Å². The first-order valence-corrected chi connectivity index (χ1v) is 8.78. The van der Waals surface area contributed by atoms with E-state index in [2.05, 4.69) is 11.4 Å². The first kappa shape index (κ1) is 17.3. The van der Waals surface area contributed by atoms with Crippen molar-refractivity contribution >= 4 is 6.09 Å². The minimum atomic E-state index is -0.582. The van der Waals surface area contributed by atoms with Gasteiger partial charge in [0.05, 0.1) is 25.1 Å². The normalized spacial score (nSPS) is 18.4. The number of carbonyl (C=O) groups excluding carboxylic acids is 1. The van der Waals surface area contributed by atoms with E-state index in [1.54, 1.807) is 6.92 Å². The Morgan fingerprint density at radius 1 is 1.48 bits per heavy atom. The van der Waals surface area contributed by atoms with Crippen LogP contribution in [0.3, 0.4) is 0 Å². The minimum Gasteiger partial charge on any atom is -0.449 e. The summed E-state index contributed by atoms with van der Waals surface area (Å²) in [6, 6.07) is 2.22. The lowest BCUT2D eigenvalue weighted by atomic mass is 9.70. The van der Waals surface area contributed by atoms with Crippen LogP contribution in [0, 0.1) is 11.3 Å². The first-order chi connectivity index (χ1) is 12.1. The van der Waals surface area contributed by atoms with Gasteiger partial charge in [-0.25, -0.2) is 14.3 Å². The van der Waals surface area contributed by atoms with Gasteiger partial charge in [-0.3, -0.25) is 0 Å². The van der Waals surface area contributed by atoms with Gasteiger partial charge in [-0.1, -0.05) is 6.92 Å². The number of nitriles is 1. The molecule has 2 aliphatic heterocycles. The molecule has 1 spiro atoms. The maximum Gasteiger partial charge on any atom is 0.422 e. The van der Waals surface area contributed by atoms with E-state index in [1.165, 1.54) is 4.57 Å². The largest absolute Gasteiger partial charge is 0.449 e. The van der Waals surface area contributed by atoms with E-state index < -0.39 is 11.5 Å². The van der Waals surface area contributed by atoms with Crippen LogP contribution in [0.15, 0.2) is 11.5 Å². The van der Waals surface area contributed by atoms with Gasteiger partial charge in [0.15, 0.2) is 0 Å². The zero-order valence-electron chi connectivity index (χ0n) is 14.7. The van der Waals surface area contributed by atoms with Crippen molar-refractivity contribution in [3.63, 3.8) is 0 Å². The molecule has 134 valence electrons. The second kappa shape index (κ2) is 6.76. The van der Waals surface area contributed by atoms with Crippen molar-refractivity contribution < 1.29 is 19.6 Å². The molecule has 2 aliphatic rings. The Labute approximate surface area is 146 Å². The lowest BCUT2D eigenvalue weighted by Crippen LogP contribution is -2.87. The fraction of sp³-hybridized carbons (Fsp3) is 0.588. The highest BCUT2D eigenvalue weighted by atomic mass is 16.6. The van der Waals surface area contributed by atoms with E-state index in [4.69, 9.17) is 20.2 Å². The molecule has 0 aliphatic carbocycles. The van der Waals surface area contributed by atoms with Crippen LogP contribution in [-0.4, -0.2) is 35.3 Å². The van der Waals surface area contributed by atoms with Crippen molar-refractivity contribution in [1.82, 2.24) is 9.55 Å². The van der Waals surface area contributed by atoms with Crippen LogP contribution >= 0.6 is 0 Å². The predicted octanol–water partition coefficient (Wildman–Crippen LogP) is 0.521. The second-order valence-electron chi connectivity index (χ2n) is 6.37. The van der Waals surface area contributed by atoms with E-state index in [0.717, 1.165) is 32.4 Å². The summed E-state index contributed by atoms with van der Waals surface area (Å²) in [6.45, 7) is 5.76. The number of nitrogens with two attached hydrogens (primary N) is 2. The van der Waals surface area contributed by atoms with Crippen molar-refractivity contribution in [2.45, 2.75) is 44.9 Å².